The summed E-state index contributed by atoms with van der Waals surface area (Å²) in [6.45, 7) is 6.08. The van der Waals surface area contributed by atoms with E-state index < -0.39 is 0 Å². The van der Waals surface area contributed by atoms with Gasteiger partial charge in [0.15, 0.2) is 0 Å². The minimum atomic E-state index is -0.148. The average molecular weight is 245 g/mol. The summed E-state index contributed by atoms with van der Waals surface area (Å²) in [5.41, 5.74) is 8.99. The van der Waals surface area contributed by atoms with Gasteiger partial charge >= 0.3 is 0 Å². The van der Waals surface area contributed by atoms with Crippen LogP contribution >= 0.6 is 0 Å². The number of hydrogen-bond donors (Lipinski definition) is 1. The zero-order valence-corrected chi connectivity index (χ0v) is 11.3. The van der Waals surface area contributed by atoms with Crippen molar-refractivity contribution in [2.24, 2.45) is 7.05 Å². The van der Waals surface area contributed by atoms with Gasteiger partial charge in [-0.05, 0) is 25.0 Å². The van der Waals surface area contributed by atoms with Crippen molar-refractivity contribution in [1.82, 2.24) is 9.36 Å². The number of nitrogens with zero attached hydrogens (tertiary/aromatic N) is 2. The molecule has 0 aliphatic carbocycles. The lowest BCUT2D eigenvalue weighted by Gasteiger charge is -2.12. The van der Waals surface area contributed by atoms with Crippen molar-refractivity contribution in [3.05, 3.63) is 45.9 Å². The smallest absolute Gasteiger partial charge is 0.294 e. The van der Waals surface area contributed by atoms with Gasteiger partial charge in [-0.3, -0.25) is 9.48 Å². The van der Waals surface area contributed by atoms with Gasteiger partial charge in [-0.2, -0.15) is 0 Å². The lowest BCUT2D eigenvalue weighted by Crippen LogP contribution is -2.20. The predicted octanol–water partition coefficient (Wildman–Crippen LogP) is 2.19. The summed E-state index contributed by atoms with van der Waals surface area (Å²) in [6.07, 6.45) is 0. The Morgan fingerprint density at radius 1 is 1.17 bits per heavy atom. The molecule has 18 heavy (non-hydrogen) atoms. The molecular formula is C14H19N3O. The molecule has 1 aromatic carbocycles. The topological polar surface area (TPSA) is 52.9 Å². The Morgan fingerprint density at radius 3 is 2.17 bits per heavy atom. The molecule has 0 amide bonds. The summed E-state index contributed by atoms with van der Waals surface area (Å²) in [5, 5.41) is 0. The van der Waals surface area contributed by atoms with E-state index in [9.17, 15) is 4.79 Å². The highest BCUT2D eigenvalue weighted by Gasteiger charge is 2.18. The standard InChI is InChI=1S/C14H19N3O/c1-9(2)13-12(15)14(18)17(16(13)4)11-7-5-10(3)6-8-11/h5-9H,15H2,1-4H3. The molecule has 2 rings (SSSR count). The van der Waals surface area contributed by atoms with Crippen LogP contribution in [-0.4, -0.2) is 9.36 Å². The monoisotopic (exact) mass is 245 g/mol. The molecule has 0 fully saturated rings. The molecule has 4 heteroatoms. The van der Waals surface area contributed by atoms with Crippen LogP contribution in [0.1, 0.15) is 31.0 Å². The van der Waals surface area contributed by atoms with Crippen molar-refractivity contribution in [1.29, 1.82) is 0 Å². The third-order valence-corrected chi connectivity index (χ3v) is 3.17. The maximum atomic E-state index is 12.2. The summed E-state index contributed by atoms with van der Waals surface area (Å²) in [7, 11) is 1.87. The number of aryl methyl sites for hydroxylation is 1. The molecule has 2 aromatic rings. The van der Waals surface area contributed by atoms with Gasteiger partial charge in [-0.15, -0.1) is 0 Å². The highest BCUT2D eigenvalue weighted by atomic mass is 16.1. The molecule has 4 nitrogen and oxygen atoms in total. The summed E-state index contributed by atoms with van der Waals surface area (Å²) in [4.78, 5) is 12.2. The van der Waals surface area contributed by atoms with Gasteiger partial charge in [-0.25, -0.2) is 4.68 Å². The molecule has 0 aliphatic heterocycles. The van der Waals surface area contributed by atoms with Crippen LogP contribution in [0.5, 0.6) is 0 Å². The number of benzene rings is 1. The van der Waals surface area contributed by atoms with Gasteiger partial charge in [0, 0.05) is 7.05 Å². The zero-order chi connectivity index (χ0) is 13.4. The first-order chi connectivity index (χ1) is 8.43. The number of aromatic nitrogens is 2. The molecule has 96 valence electrons. The molecule has 0 atom stereocenters. The fraction of sp³-hybridized carbons (Fsp3) is 0.357. The van der Waals surface area contributed by atoms with E-state index in [0.29, 0.717) is 5.69 Å². The second-order valence-electron chi connectivity index (χ2n) is 4.93. The number of nitrogen functional groups attached to an aromatic ring is 1. The van der Waals surface area contributed by atoms with Gasteiger partial charge in [0.25, 0.3) is 5.56 Å². The van der Waals surface area contributed by atoms with E-state index in [2.05, 4.69) is 0 Å². The third-order valence-electron chi connectivity index (χ3n) is 3.17. The third kappa shape index (κ3) is 1.83. The van der Waals surface area contributed by atoms with E-state index in [4.69, 9.17) is 5.73 Å². The van der Waals surface area contributed by atoms with Gasteiger partial charge < -0.3 is 5.73 Å². The van der Waals surface area contributed by atoms with Gasteiger partial charge in [0.05, 0.1) is 11.4 Å². The number of hydrogen-bond acceptors (Lipinski definition) is 2. The second kappa shape index (κ2) is 4.37. The lowest BCUT2D eigenvalue weighted by molar-refractivity contribution is 0.595. The molecule has 0 bridgehead atoms. The zero-order valence-electron chi connectivity index (χ0n) is 11.3. The Labute approximate surface area is 107 Å². The van der Waals surface area contributed by atoms with Crippen molar-refractivity contribution >= 4 is 5.69 Å². The molecule has 0 saturated carbocycles. The molecule has 2 N–H and O–H groups in total. The maximum absolute atomic E-state index is 12.2. The van der Waals surface area contributed by atoms with Crippen LogP contribution in [0.2, 0.25) is 0 Å². The van der Waals surface area contributed by atoms with Crippen molar-refractivity contribution < 1.29 is 0 Å². The molecule has 0 unspecified atom stereocenters. The first kappa shape index (κ1) is 12.5. The van der Waals surface area contributed by atoms with Crippen LogP contribution in [-0.2, 0) is 7.05 Å². The quantitative estimate of drug-likeness (QED) is 0.881. The molecule has 0 spiro atoms. The van der Waals surface area contributed by atoms with E-state index >= 15 is 0 Å². The Kier molecular flexibility index (Phi) is 3.03. The SMILES string of the molecule is Cc1ccc(-n2c(=O)c(N)c(C(C)C)n2C)cc1. The normalized spacial score (nSPS) is 11.2. The maximum Gasteiger partial charge on any atom is 0.294 e. The summed E-state index contributed by atoms with van der Waals surface area (Å²) in [6, 6.07) is 7.83. The molecule has 1 heterocycles. The van der Waals surface area contributed by atoms with Crippen LogP contribution in [0.15, 0.2) is 29.1 Å². The van der Waals surface area contributed by atoms with E-state index in [1.807, 2.05) is 56.8 Å². The molecular weight excluding hydrogens is 226 g/mol. The largest absolute Gasteiger partial charge is 0.393 e. The van der Waals surface area contributed by atoms with Crippen LogP contribution in [0, 0.1) is 6.92 Å². The van der Waals surface area contributed by atoms with E-state index in [1.165, 1.54) is 0 Å². The number of rotatable bonds is 2. The Bertz CT molecular complexity index is 618. The first-order valence-electron chi connectivity index (χ1n) is 6.08. The van der Waals surface area contributed by atoms with Crippen molar-refractivity contribution in [2.75, 3.05) is 5.73 Å². The molecule has 0 aliphatic rings. The first-order valence-corrected chi connectivity index (χ1v) is 6.08. The lowest BCUT2D eigenvalue weighted by atomic mass is 10.1. The van der Waals surface area contributed by atoms with Gasteiger partial charge in [-0.1, -0.05) is 31.5 Å². The van der Waals surface area contributed by atoms with Gasteiger partial charge in [0.2, 0.25) is 0 Å². The van der Waals surface area contributed by atoms with E-state index in [1.54, 1.807) is 4.68 Å². The Hall–Kier alpha value is -1.97. The average Bonchev–Trinajstić information content (AvgIpc) is 2.52. The van der Waals surface area contributed by atoms with E-state index in [0.717, 1.165) is 16.9 Å². The Morgan fingerprint density at radius 2 is 1.72 bits per heavy atom. The highest BCUT2D eigenvalue weighted by Crippen LogP contribution is 2.20. The van der Waals surface area contributed by atoms with Crippen molar-refractivity contribution in [3.8, 4) is 5.69 Å². The molecule has 0 saturated heterocycles. The fourth-order valence-electron chi connectivity index (χ4n) is 2.30. The van der Waals surface area contributed by atoms with Crippen LogP contribution in [0.4, 0.5) is 5.69 Å². The van der Waals surface area contributed by atoms with E-state index in [-0.39, 0.29) is 11.5 Å². The summed E-state index contributed by atoms with van der Waals surface area (Å²) < 4.78 is 3.46. The van der Waals surface area contributed by atoms with Crippen LogP contribution in [0.25, 0.3) is 5.69 Å². The Balaban J connectivity index is 2.69. The minimum absolute atomic E-state index is 0.148. The second-order valence-corrected chi connectivity index (χ2v) is 4.93. The minimum Gasteiger partial charge on any atom is -0.393 e. The number of nitrogens with two attached hydrogens (primary N) is 1. The fourth-order valence-corrected chi connectivity index (χ4v) is 2.30. The molecule has 1 aromatic heterocycles. The number of anilines is 1. The van der Waals surface area contributed by atoms with Gasteiger partial charge in [0.1, 0.15) is 5.69 Å². The highest BCUT2D eigenvalue weighted by molar-refractivity contribution is 5.47. The molecule has 0 radical (unpaired) electrons. The predicted molar refractivity (Wildman–Crippen MR) is 74.2 cm³/mol. The van der Waals surface area contributed by atoms with Crippen LogP contribution in [0.3, 0.4) is 0 Å². The summed E-state index contributed by atoms with van der Waals surface area (Å²) in [5.74, 6) is 0.217. The summed E-state index contributed by atoms with van der Waals surface area (Å²) >= 11 is 0. The van der Waals surface area contributed by atoms with Crippen LogP contribution < -0.4 is 11.3 Å². The van der Waals surface area contributed by atoms with Crippen molar-refractivity contribution in [3.63, 3.8) is 0 Å². The van der Waals surface area contributed by atoms with Crippen molar-refractivity contribution in [2.45, 2.75) is 26.7 Å².